The molecule has 0 aromatic heterocycles. The smallest absolute Gasteiger partial charge is 0.292 e. The van der Waals surface area contributed by atoms with E-state index in [1.54, 1.807) is 13.8 Å². The van der Waals surface area contributed by atoms with Crippen LogP contribution in [0.15, 0.2) is 18.2 Å². The Morgan fingerprint density at radius 1 is 1.40 bits per heavy atom. The first-order valence-electron chi connectivity index (χ1n) is 5.92. The van der Waals surface area contributed by atoms with Gasteiger partial charge in [0.05, 0.1) is 11.5 Å². The molecule has 0 radical (unpaired) electrons. The molecule has 20 heavy (non-hydrogen) atoms. The molecule has 0 unspecified atom stereocenters. The van der Waals surface area contributed by atoms with E-state index in [1.165, 1.54) is 12.1 Å². The van der Waals surface area contributed by atoms with Gasteiger partial charge in [-0.25, -0.2) is 0 Å². The SMILES string of the molecule is CC(C)NC(=O)CNC(=O)c1ccc(N)c([N+](=O)[O-])c1. The second kappa shape index (κ2) is 6.50. The van der Waals surface area contributed by atoms with E-state index < -0.39 is 10.8 Å². The summed E-state index contributed by atoms with van der Waals surface area (Å²) in [6.07, 6.45) is 0. The fourth-order valence-electron chi connectivity index (χ4n) is 1.48. The number of nitro benzene ring substituents is 1. The standard InChI is InChI=1S/C12H16N4O4/c1-7(2)15-11(17)6-14-12(18)8-3-4-9(13)10(5-8)16(19)20/h3-5,7H,6,13H2,1-2H3,(H,14,18)(H,15,17). The molecule has 0 atom stereocenters. The average Bonchev–Trinajstić information content (AvgIpc) is 2.35. The van der Waals surface area contributed by atoms with Gasteiger partial charge in [0, 0.05) is 17.7 Å². The number of amides is 2. The number of rotatable bonds is 5. The second-order valence-electron chi connectivity index (χ2n) is 4.44. The van der Waals surface area contributed by atoms with Gasteiger partial charge in [-0.1, -0.05) is 0 Å². The Morgan fingerprint density at radius 2 is 2.05 bits per heavy atom. The summed E-state index contributed by atoms with van der Waals surface area (Å²) in [5.41, 5.74) is 5.14. The molecule has 0 spiro atoms. The van der Waals surface area contributed by atoms with Gasteiger partial charge in [-0.15, -0.1) is 0 Å². The molecule has 2 amide bonds. The number of anilines is 1. The van der Waals surface area contributed by atoms with Crippen LogP contribution >= 0.6 is 0 Å². The zero-order valence-corrected chi connectivity index (χ0v) is 11.2. The van der Waals surface area contributed by atoms with Crippen LogP contribution in [0.5, 0.6) is 0 Å². The van der Waals surface area contributed by atoms with Gasteiger partial charge < -0.3 is 16.4 Å². The van der Waals surface area contributed by atoms with Crippen LogP contribution in [0.2, 0.25) is 0 Å². The topological polar surface area (TPSA) is 127 Å². The Hall–Kier alpha value is -2.64. The lowest BCUT2D eigenvalue weighted by Crippen LogP contribution is -2.39. The highest BCUT2D eigenvalue weighted by molar-refractivity contribution is 5.97. The molecule has 0 aliphatic carbocycles. The van der Waals surface area contributed by atoms with Crippen molar-refractivity contribution in [2.24, 2.45) is 0 Å². The molecule has 1 aromatic carbocycles. The Balaban J connectivity index is 2.71. The minimum atomic E-state index is -0.669. The third-order valence-corrected chi connectivity index (χ3v) is 2.35. The van der Waals surface area contributed by atoms with E-state index in [0.29, 0.717) is 0 Å². The maximum atomic E-state index is 11.8. The van der Waals surface area contributed by atoms with Crippen molar-refractivity contribution in [2.45, 2.75) is 19.9 Å². The number of nitrogen functional groups attached to an aromatic ring is 1. The lowest BCUT2D eigenvalue weighted by atomic mass is 10.1. The first-order valence-corrected chi connectivity index (χ1v) is 5.92. The van der Waals surface area contributed by atoms with Gasteiger partial charge in [0.2, 0.25) is 5.91 Å². The number of hydrogen-bond donors (Lipinski definition) is 3. The molecule has 8 nitrogen and oxygen atoms in total. The van der Waals surface area contributed by atoms with Crippen molar-refractivity contribution in [1.82, 2.24) is 10.6 Å². The summed E-state index contributed by atoms with van der Waals surface area (Å²) in [6, 6.07) is 3.68. The Labute approximate surface area is 115 Å². The molecule has 108 valence electrons. The van der Waals surface area contributed by atoms with Crippen LogP contribution in [0.4, 0.5) is 11.4 Å². The van der Waals surface area contributed by atoms with Crippen molar-refractivity contribution in [2.75, 3.05) is 12.3 Å². The number of carbonyl (C=O) groups is 2. The van der Waals surface area contributed by atoms with E-state index in [0.717, 1.165) is 6.07 Å². The third-order valence-electron chi connectivity index (χ3n) is 2.35. The Bertz CT molecular complexity index is 542. The molecule has 0 fully saturated rings. The van der Waals surface area contributed by atoms with Crippen LogP contribution in [-0.4, -0.2) is 29.3 Å². The van der Waals surface area contributed by atoms with E-state index in [9.17, 15) is 19.7 Å². The molecule has 0 bridgehead atoms. The maximum Gasteiger partial charge on any atom is 0.292 e. The maximum absolute atomic E-state index is 11.8. The van der Waals surface area contributed by atoms with Crippen LogP contribution in [-0.2, 0) is 4.79 Å². The van der Waals surface area contributed by atoms with Gasteiger partial charge in [0.25, 0.3) is 11.6 Å². The highest BCUT2D eigenvalue weighted by Crippen LogP contribution is 2.22. The quantitative estimate of drug-likeness (QED) is 0.409. The first-order chi connectivity index (χ1) is 9.31. The normalized spacial score (nSPS) is 10.2. The molecule has 4 N–H and O–H groups in total. The largest absolute Gasteiger partial charge is 0.393 e. The Kier molecular flexibility index (Phi) is 5.01. The van der Waals surface area contributed by atoms with E-state index in [2.05, 4.69) is 10.6 Å². The summed E-state index contributed by atoms with van der Waals surface area (Å²) < 4.78 is 0. The van der Waals surface area contributed by atoms with Gasteiger partial charge in [-0.2, -0.15) is 0 Å². The fourth-order valence-corrected chi connectivity index (χ4v) is 1.48. The summed E-state index contributed by atoms with van der Waals surface area (Å²) >= 11 is 0. The van der Waals surface area contributed by atoms with Gasteiger partial charge in [0.1, 0.15) is 5.69 Å². The predicted octanol–water partition coefficient (Wildman–Crippen LogP) is 0.431. The zero-order valence-electron chi connectivity index (χ0n) is 11.2. The molecule has 0 heterocycles. The highest BCUT2D eigenvalue weighted by atomic mass is 16.6. The van der Waals surface area contributed by atoms with Crippen LogP contribution in [0.25, 0.3) is 0 Å². The van der Waals surface area contributed by atoms with E-state index in [1.807, 2.05) is 0 Å². The number of nitrogens with one attached hydrogen (secondary N) is 2. The van der Waals surface area contributed by atoms with Gasteiger partial charge >= 0.3 is 0 Å². The number of nitrogens with zero attached hydrogens (tertiary/aromatic N) is 1. The summed E-state index contributed by atoms with van der Waals surface area (Å²) in [7, 11) is 0. The Morgan fingerprint density at radius 3 is 2.60 bits per heavy atom. The molecule has 1 aromatic rings. The van der Waals surface area contributed by atoms with Crippen molar-refractivity contribution < 1.29 is 14.5 Å². The molecule has 1 rings (SSSR count). The van der Waals surface area contributed by atoms with Crippen molar-refractivity contribution in [3.05, 3.63) is 33.9 Å². The van der Waals surface area contributed by atoms with Gasteiger partial charge in [-0.3, -0.25) is 19.7 Å². The van der Waals surface area contributed by atoms with Crippen LogP contribution in [0.3, 0.4) is 0 Å². The van der Waals surface area contributed by atoms with Gasteiger partial charge in [-0.05, 0) is 26.0 Å². The number of hydrogen-bond acceptors (Lipinski definition) is 5. The third kappa shape index (κ3) is 4.23. The summed E-state index contributed by atoms with van der Waals surface area (Å²) in [4.78, 5) is 33.2. The van der Waals surface area contributed by atoms with Gasteiger partial charge in [0.15, 0.2) is 0 Å². The van der Waals surface area contributed by atoms with E-state index in [4.69, 9.17) is 5.73 Å². The van der Waals surface area contributed by atoms with Crippen molar-refractivity contribution in [1.29, 1.82) is 0 Å². The summed E-state index contributed by atoms with van der Waals surface area (Å²) in [6.45, 7) is 3.39. The molecular weight excluding hydrogens is 264 g/mol. The number of nitro groups is 1. The van der Waals surface area contributed by atoms with E-state index >= 15 is 0 Å². The minimum absolute atomic E-state index is 0.0240. The second-order valence-corrected chi connectivity index (χ2v) is 4.44. The fraction of sp³-hybridized carbons (Fsp3) is 0.333. The predicted molar refractivity (Wildman–Crippen MR) is 73.1 cm³/mol. The summed E-state index contributed by atoms with van der Waals surface area (Å²) in [5, 5.41) is 15.7. The van der Waals surface area contributed by atoms with Crippen molar-refractivity contribution in [3.63, 3.8) is 0 Å². The lowest BCUT2D eigenvalue weighted by Gasteiger charge is -2.09. The van der Waals surface area contributed by atoms with Crippen LogP contribution < -0.4 is 16.4 Å². The van der Waals surface area contributed by atoms with E-state index in [-0.39, 0.29) is 35.4 Å². The van der Waals surface area contributed by atoms with Crippen molar-refractivity contribution in [3.8, 4) is 0 Å². The van der Waals surface area contributed by atoms with Crippen LogP contribution in [0, 0.1) is 10.1 Å². The number of benzene rings is 1. The first kappa shape index (κ1) is 15.4. The molecule has 0 aliphatic rings. The molecule has 8 heteroatoms. The van der Waals surface area contributed by atoms with Crippen LogP contribution in [0.1, 0.15) is 24.2 Å². The summed E-state index contributed by atoms with van der Waals surface area (Å²) in [5.74, 6) is -0.912. The molecule has 0 aliphatic heterocycles. The zero-order chi connectivity index (χ0) is 15.3. The highest BCUT2D eigenvalue weighted by Gasteiger charge is 2.16. The minimum Gasteiger partial charge on any atom is -0.393 e. The monoisotopic (exact) mass is 280 g/mol. The number of carbonyl (C=O) groups excluding carboxylic acids is 2. The molecular formula is C12H16N4O4. The molecule has 0 saturated heterocycles. The average molecular weight is 280 g/mol. The molecule has 0 saturated carbocycles. The lowest BCUT2D eigenvalue weighted by molar-refractivity contribution is -0.383. The number of nitrogens with two attached hydrogens (primary N) is 1. The van der Waals surface area contributed by atoms with Crippen molar-refractivity contribution >= 4 is 23.2 Å².